The Labute approximate surface area is 214 Å². The summed E-state index contributed by atoms with van der Waals surface area (Å²) in [5.41, 5.74) is -12.4. The van der Waals surface area contributed by atoms with Gasteiger partial charge in [-0.25, -0.2) is 4.79 Å². The molecule has 3 N–H and O–H groups in total. The quantitative estimate of drug-likeness (QED) is 0.220. The number of hydrogen-bond donors (Lipinski definition) is 3. The number of alkyl halides is 9. The first-order valence-corrected chi connectivity index (χ1v) is 10.9. The maximum Gasteiger partial charge on any atom is 0.439 e. The summed E-state index contributed by atoms with van der Waals surface area (Å²) in [5.74, 6) is -4.32. The highest BCUT2D eigenvalue weighted by Crippen LogP contribution is 2.45. The molecule has 1 amide bonds. The van der Waals surface area contributed by atoms with Gasteiger partial charge < -0.3 is 25.2 Å². The third-order valence-corrected chi connectivity index (χ3v) is 5.20. The van der Waals surface area contributed by atoms with Crippen LogP contribution in [0, 0.1) is 0 Å². The lowest BCUT2D eigenvalue weighted by atomic mass is 9.92. The topological polar surface area (TPSA) is 96.9 Å². The third-order valence-electron chi connectivity index (χ3n) is 5.20. The number of ether oxygens (including phenoxy) is 2. The molecule has 0 saturated carbocycles. The second-order valence-corrected chi connectivity index (χ2v) is 7.76. The van der Waals surface area contributed by atoms with Gasteiger partial charge in [-0.15, -0.1) is 0 Å². The number of benzene rings is 2. The molecule has 7 nitrogen and oxygen atoms in total. The van der Waals surface area contributed by atoms with Crippen LogP contribution in [0.2, 0.25) is 0 Å². The molecule has 39 heavy (non-hydrogen) atoms. The Morgan fingerprint density at radius 1 is 0.795 bits per heavy atom. The van der Waals surface area contributed by atoms with Gasteiger partial charge >= 0.3 is 30.2 Å². The summed E-state index contributed by atoms with van der Waals surface area (Å²) >= 11 is 0. The second kappa shape index (κ2) is 11.2. The van der Waals surface area contributed by atoms with E-state index in [0.29, 0.717) is 12.1 Å². The molecule has 0 radical (unpaired) electrons. The molecular weight excluding hydrogens is 555 g/mol. The van der Waals surface area contributed by atoms with Gasteiger partial charge in [0.2, 0.25) is 0 Å². The molecule has 0 saturated heterocycles. The van der Waals surface area contributed by atoms with E-state index in [4.69, 9.17) is 4.74 Å². The number of anilines is 1. The first-order valence-electron chi connectivity index (χ1n) is 10.9. The van der Waals surface area contributed by atoms with Crippen molar-refractivity contribution in [3.63, 3.8) is 0 Å². The minimum absolute atomic E-state index is 0.0748. The van der Waals surface area contributed by atoms with Crippen molar-refractivity contribution in [1.82, 2.24) is 5.32 Å². The largest absolute Gasteiger partial charge is 0.493 e. The highest BCUT2D eigenvalue weighted by atomic mass is 19.4. The minimum Gasteiger partial charge on any atom is -0.493 e. The van der Waals surface area contributed by atoms with Crippen LogP contribution < -0.4 is 15.4 Å². The molecule has 0 aliphatic rings. The van der Waals surface area contributed by atoms with E-state index in [2.05, 4.69) is 4.74 Å². The fraction of sp³-hybridized carbons (Fsp3) is 0.391. The average molecular weight is 576 g/mol. The van der Waals surface area contributed by atoms with E-state index >= 15 is 0 Å². The molecule has 216 valence electrons. The Kier molecular flexibility index (Phi) is 9.05. The number of rotatable bonds is 9. The summed E-state index contributed by atoms with van der Waals surface area (Å²) in [5, 5.41) is 12.1. The van der Waals surface area contributed by atoms with E-state index in [1.807, 2.05) is 0 Å². The van der Waals surface area contributed by atoms with Crippen molar-refractivity contribution in [3.05, 3.63) is 59.7 Å². The van der Waals surface area contributed by atoms with Gasteiger partial charge in [0.05, 0.1) is 18.8 Å². The first-order chi connectivity index (χ1) is 17.9. The zero-order valence-electron chi connectivity index (χ0n) is 20.0. The van der Waals surface area contributed by atoms with Gasteiger partial charge in [-0.3, -0.25) is 4.79 Å². The number of para-hydroxylation sites is 1. The van der Waals surface area contributed by atoms with Crippen LogP contribution in [0.3, 0.4) is 0 Å². The maximum absolute atomic E-state index is 14.0. The van der Waals surface area contributed by atoms with E-state index in [1.165, 1.54) is 13.0 Å². The highest BCUT2D eigenvalue weighted by molar-refractivity contribution is 5.97. The van der Waals surface area contributed by atoms with Crippen molar-refractivity contribution in [2.75, 3.05) is 18.5 Å². The van der Waals surface area contributed by atoms with Crippen molar-refractivity contribution in [2.45, 2.75) is 43.6 Å². The van der Waals surface area contributed by atoms with Crippen LogP contribution >= 0.6 is 0 Å². The lowest BCUT2D eigenvalue weighted by Gasteiger charge is -2.39. The second-order valence-electron chi connectivity index (χ2n) is 7.76. The van der Waals surface area contributed by atoms with Crippen LogP contribution in [-0.4, -0.2) is 54.4 Å². The molecule has 2 aromatic rings. The summed E-state index contributed by atoms with van der Waals surface area (Å²) in [4.78, 5) is 24.5. The predicted octanol–water partition coefficient (Wildman–Crippen LogP) is 5.06. The van der Waals surface area contributed by atoms with Gasteiger partial charge in [-0.05, 0) is 38.1 Å². The molecule has 0 bridgehead atoms. The summed E-state index contributed by atoms with van der Waals surface area (Å²) in [6.07, 6.45) is -18.2. The zero-order valence-corrected chi connectivity index (χ0v) is 20.0. The van der Waals surface area contributed by atoms with Crippen LogP contribution in [0.25, 0.3) is 0 Å². The smallest absolute Gasteiger partial charge is 0.439 e. The molecule has 0 aromatic heterocycles. The van der Waals surface area contributed by atoms with Gasteiger partial charge in [-0.1, -0.05) is 24.3 Å². The summed E-state index contributed by atoms with van der Waals surface area (Å²) in [6.45, 7) is 1.94. The highest BCUT2D eigenvalue weighted by Gasteiger charge is 2.73. The third kappa shape index (κ3) is 6.15. The van der Waals surface area contributed by atoms with E-state index < -0.39 is 65.1 Å². The first kappa shape index (κ1) is 31.5. The number of hydrogen-bond acceptors (Lipinski definition) is 6. The average Bonchev–Trinajstić information content (AvgIpc) is 2.82. The molecule has 0 aliphatic heterocycles. The molecule has 2 aromatic carbocycles. The SMILES string of the molecule is CCOC(=O)C(O)(c1ccc(NC(NC(=O)c2ccccc2OCC)(C(F)(F)F)C(F)(F)F)cc1)C(F)(F)F. The molecule has 0 fully saturated rings. The van der Waals surface area contributed by atoms with E-state index in [9.17, 15) is 54.2 Å². The number of esters is 1. The molecule has 1 unspecified atom stereocenters. The lowest BCUT2D eigenvalue weighted by Crippen LogP contribution is -2.72. The molecular formula is C23H21F9N2O5. The van der Waals surface area contributed by atoms with Crippen LogP contribution in [0.5, 0.6) is 5.75 Å². The Morgan fingerprint density at radius 2 is 1.33 bits per heavy atom. The molecule has 0 spiro atoms. The van der Waals surface area contributed by atoms with Gasteiger partial charge in [0.25, 0.3) is 11.5 Å². The van der Waals surface area contributed by atoms with E-state index in [-0.39, 0.29) is 24.5 Å². The number of amides is 1. The van der Waals surface area contributed by atoms with Crippen LogP contribution in [0.15, 0.2) is 48.5 Å². The van der Waals surface area contributed by atoms with E-state index in [0.717, 1.165) is 35.8 Å². The molecule has 0 aliphatic carbocycles. The number of aliphatic hydroxyl groups is 1. The molecule has 16 heteroatoms. The molecule has 2 rings (SSSR count). The molecule has 0 heterocycles. The predicted molar refractivity (Wildman–Crippen MR) is 117 cm³/mol. The Hall–Kier alpha value is -3.69. The monoisotopic (exact) mass is 576 g/mol. The Balaban J connectivity index is 2.58. The number of carbonyl (C=O) groups excluding carboxylic acids is 2. The number of nitrogens with one attached hydrogen (secondary N) is 2. The van der Waals surface area contributed by atoms with Gasteiger partial charge in [0.1, 0.15) is 5.75 Å². The van der Waals surface area contributed by atoms with Crippen LogP contribution in [0.1, 0.15) is 29.8 Å². The maximum atomic E-state index is 14.0. The zero-order chi connectivity index (χ0) is 29.9. The Morgan fingerprint density at radius 3 is 1.79 bits per heavy atom. The minimum atomic E-state index is -6.25. The van der Waals surface area contributed by atoms with Gasteiger partial charge in [0.15, 0.2) is 0 Å². The fourth-order valence-corrected chi connectivity index (χ4v) is 3.29. The summed E-state index contributed by atoms with van der Waals surface area (Å²) in [7, 11) is 0. The van der Waals surface area contributed by atoms with E-state index in [1.54, 1.807) is 0 Å². The number of carbonyl (C=O) groups is 2. The van der Waals surface area contributed by atoms with Gasteiger partial charge in [0, 0.05) is 11.3 Å². The van der Waals surface area contributed by atoms with Crippen molar-refractivity contribution >= 4 is 17.6 Å². The normalized spacial score (nSPS) is 14.3. The van der Waals surface area contributed by atoms with Crippen LogP contribution in [-0.2, 0) is 15.1 Å². The van der Waals surface area contributed by atoms with Gasteiger partial charge in [-0.2, -0.15) is 39.5 Å². The molecule has 1 atom stereocenters. The standard InChI is InChI=1S/C23H21F9N2O5/c1-3-38-16-8-6-5-7-15(16)17(35)34-20(22(27,28)29,23(30,31)32)33-14-11-9-13(10-12-14)19(37,21(24,25)26)18(36)39-4-2/h5-12,33,37H,3-4H2,1-2H3,(H,34,35). The Bertz CT molecular complexity index is 1150. The fourth-order valence-electron chi connectivity index (χ4n) is 3.29. The van der Waals surface area contributed by atoms with Crippen molar-refractivity contribution in [1.29, 1.82) is 0 Å². The van der Waals surface area contributed by atoms with Crippen molar-refractivity contribution in [3.8, 4) is 5.75 Å². The van der Waals surface area contributed by atoms with Crippen molar-refractivity contribution in [2.24, 2.45) is 0 Å². The van der Waals surface area contributed by atoms with Crippen LogP contribution in [0.4, 0.5) is 45.2 Å². The lowest BCUT2D eigenvalue weighted by molar-refractivity contribution is -0.294. The summed E-state index contributed by atoms with van der Waals surface area (Å²) in [6, 6.07) is 5.72. The number of halogens is 9. The van der Waals surface area contributed by atoms with Crippen molar-refractivity contribution < 1.29 is 63.7 Å². The summed E-state index contributed by atoms with van der Waals surface area (Å²) < 4.78 is 134.